The summed E-state index contributed by atoms with van der Waals surface area (Å²) >= 11 is 5.78. The maximum Gasteiger partial charge on any atom is 0.306 e. The number of benzene rings is 2. The minimum Gasteiger partial charge on any atom is -0.507 e. The van der Waals surface area contributed by atoms with Crippen molar-refractivity contribution in [3.05, 3.63) is 70.7 Å². The zero-order valence-electron chi connectivity index (χ0n) is 15.2. The molecule has 0 amide bonds. The Kier molecular flexibility index (Phi) is 6.27. The van der Waals surface area contributed by atoms with Crippen LogP contribution in [0.2, 0.25) is 5.02 Å². The van der Waals surface area contributed by atoms with Crippen molar-refractivity contribution in [1.82, 2.24) is 9.97 Å². The summed E-state index contributed by atoms with van der Waals surface area (Å²) in [6.45, 7) is -0.492. The maximum atomic E-state index is 12.1. The predicted octanol–water partition coefficient (Wildman–Crippen LogP) is 4.22. The number of aliphatic hydroxyl groups is 1. The van der Waals surface area contributed by atoms with Gasteiger partial charge in [0.1, 0.15) is 18.2 Å². The van der Waals surface area contributed by atoms with E-state index in [1.165, 1.54) is 0 Å². The lowest BCUT2D eigenvalue weighted by Gasteiger charge is -2.05. The van der Waals surface area contributed by atoms with Crippen LogP contribution in [0.25, 0.3) is 16.6 Å². The van der Waals surface area contributed by atoms with Gasteiger partial charge in [-0.3, -0.25) is 9.59 Å². The summed E-state index contributed by atoms with van der Waals surface area (Å²) in [6.07, 6.45) is -0.194. The van der Waals surface area contributed by atoms with Crippen LogP contribution in [0, 0.1) is 11.3 Å². The Morgan fingerprint density at radius 2 is 1.86 bits per heavy atom. The number of Topliss-reactive ketones (excluding diaryl/α,β-unsaturated/α-hetero) is 1. The highest BCUT2D eigenvalue weighted by Gasteiger charge is 2.16. The number of ether oxygens (including phenoxy) is 1. The van der Waals surface area contributed by atoms with Gasteiger partial charge in [0, 0.05) is 17.0 Å². The Bertz CT molecular complexity index is 1090. The van der Waals surface area contributed by atoms with Crippen LogP contribution in [0.15, 0.2) is 54.3 Å². The molecule has 0 saturated heterocycles. The molecule has 0 aliphatic rings. The van der Waals surface area contributed by atoms with Gasteiger partial charge in [-0.05, 0) is 36.4 Å². The number of fused-ring (bicyclic) bond motifs is 1. The van der Waals surface area contributed by atoms with E-state index in [2.05, 4.69) is 9.97 Å². The SMILES string of the molecule is N#C/C(=C(/O)COC(=O)CCC(=O)c1ccc(Cl)cc1)c1nc2ccccc2[nH]1. The van der Waals surface area contributed by atoms with E-state index in [1.807, 2.05) is 12.1 Å². The molecule has 3 rings (SSSR count). The number of hydrogen-bond donors (Lipinski definition) is 2. The highest BCUT2D eigenvalue weighted by atomic mass is 35.5. The molecule has 0 spiro atoms. The number of carbonyl (C=O) groups is 2. The van der Waals surface area contributed by atoms with Crippen molar-refractivity contribution >= 4 is 40.0 Å². The molecule has 0 aliphatic carbocycles. The van der Waals surface area contributed by atoms with Gasteiger partial charge < -0.3 is 14.8 Å². The summed E-state index contributed by atoms with van der Waals surface area (Å²) in [5.74, 6) is -1.14. The second kappa shape index (κ2) is 9.04. The molecule has 8 heteroatoms. The zero-order chi connectivity index (χ0) is 20.8. The van der Waals surface area contributed by atoms with Crippen LogP contribution in [0.5, 0.6) is 0 Å². The predicted molar refractivity (Wildman–Crippen MR) is 107 cm³/mol. The molecule has 1 heterocycles. The molecule has 0 aliphatic heterocycles. The van der Waals surface area contributed by atoms with E-state index in [1.54, 1.807) is 42.5 Å². The summed E-state index contributed by atoms with van der Waals surface area (Å²) in [4.78, 5) is 31.1. The average molecular weight is 410 g/mol. The van der Waals surface area contributed by atoms with Crippen molar-refractivity contribution in [1.29, 1.82) is 5.26 Å². The number of esters is 1. The molecule has 0 fully saturated rings. The smallest absolute Gasteiger partial charge is 0.306 e. The van der Waals surface area contributed by atoms with E-state index in [0.717, 1.165) is 0 Å². The van der Waals surface area contributed by atoms with Crippen molar-refractivity contribution in [2.75, 3.05) is 6.61 Å². The zero-order valence-corrected chi connectivity index (χ0v) is 15.9. The Labute approximate surface area is 171 Å². The molecule has 2 N–H and O–H groups in total. The molecule has 2 aromatic carbocycles. The first-order chi connectivity index (χ1) is 14.0. The van der Waals surface area contributed by atoms with Crippen LogP contribution in [0.1, 0.15) is 29.0 Å². The van der Waals surface area contributed by atoms with Crippen LogP contribution in [0.3, 0.4) is 0 Å². The van der Waals surface area contributed by atoms with E-state index in [9.17, 15) is 20.0 Å². The summed E-state index contributed by atoms with van der Waals surface area (Å²) in [6, 6.07) is 15.4. The number of carbonyl (C=O) groups excluding carboxylic acids is 2. The first-order valence-corrected chi connectivity index (χ1v) is 9.07. The minimum absolute atomic E-state index is 0.0420. The quantitative estimate of drug-likeness (QED) is 0.261. The topological polar surface area (TPSA) is 116 Å². The maximum absolute atomic E-state index is 12.1. The van der Waals surface area contributed by atoms with Crippen molar-refractivity contribution < 1.29 is 19.4 Å². The minimum atomic E-state index is -0.666. The Balaban J connectivity index is 1.58. The first kappa shape index (κ1) is 20.1. The van der Waals surface area contributed by atoms with E-state index >= 15 is 0 Å². The lowest BCUT2D eigenvalue weighted by atomic mass is 10.1. The van der Waals surface area contributed by atoms with Crippen LogP contribution < -0.4 is 0 Å². The largest absolute Gasteiger partial charge is 0.507 e. The third-order valence-corrected chi connectivity index (χ3v) is 4.37. The number of aromatic amines is 1. The molecular weight excluding hydrogens is 394 g/mol. The molecule has 0 atom stereocenters. The Morgan fingerprint density at radius 1 is 1.14 bits per heavy atom. The number of hydrogen-bond acceptors (Lipinski definition) is 6. The Morgan fingerprint density at radius 3 is 2.55 bits per heavy atom. The number of nitrogens with one attached hydrogen (secondary N) is 1. The molecule has 29 heavy (non-hydrogen) atoms. The summed E-state index contributed by atoms with van der Waals surface area (Å²) in [5.41, 5.74) is 1.68. The van der Waals surface area contributed by atoms with Crippen LogP contribution in [0.4, 0.5) is 0 Å². The van der Waals surface area contributed by atoms with Crippen molar-refractivity contribution in [2.45, 2.75) is 12.8 Å². The first-order valence-electron chi connectivity index (χ1n) is 8.69. The third kappa shape index (κ3) is 5.00. The van der Waals surface area contributed by atoms with Gasteiger partial charge in [-0.2, -0.15) is 5.26 Å². The number of ketones is 1. The number of para-hydroxylation sites is 2. The van der Waals surface area contributed by atoms with E-state index < -0.39 is 18.3 Å². The summed E-state index contributed by atoms with van der Waals surface area (Å²) in [7, 11) is 0. The monoisotopic (exact) mass is 409 g/mol. The van der Waals surface area contributed by atoms with Crippen LogP contribution in [-0.2, 0) is 9.53 Å². The van der Waals surface area contributed by atoms with Crippen molar-refractivity contribution in [2.24, 2.45) is 0 Å². The second-order valence-electron chi connectivity index (χ2n) is 6.13. The molecule has 0 bridgehead atoms. The van der Waals surface area contributed by atoms with Gasteiger partial charge in [0.2, 0.25) is 0 Å². The molecule has 0 unspecified atom stereocenters. The molecule has 0 saturated carbocycles. The van der Waals surface area contributed by atoms with Crippen LogP contribution >= 0.6 is 11.6 Å². The standard InChI is InChI=1S/C21H16ClN3O4/c22-14-7-5-13(6-8-14)18(26)9-10-20(28)29-12-19(27)15(11-23)21-24-16-3-1-2-4-17(16)25-21/h1-8,27H,9-10,12H2,(H,24,25)/b19-15-. The molecule has 146 valence electrons. The highest BCUT2D eigenvalue weighted by molar-refractivity contribution is 6.30. The molecular formula is C21H16ClN3O4. The lowest BCUT2D eigenvalue weighted by Crippen LogP contribution is -2.11. The van der Waals surface area contributed by atoms with Crippen molar-refractivity contribution in [3.63, 3.8) is 0 Å². The van der Waals surface area contributed by atoms with E-state index in [-0.39, 0.29) is 30.0 Å². The number of nitriles is 1. The third-order valence-electron chi connectivity index (χ3n) is 4.12. The molecule has 0 radical (unpaired) electrons. The fraction of sp³-hybridized carbons (Fsp3) is 0.143. The van der Waals surface area contributed by atoms with Gasteiger partial charge in [0.25, 0.3) is 0 Å². The molecule has 3 aromatic rings. The fourth-order valence-corrected chi connectivity index (χ4v) is 2.74. The summed E-state index contributed by atoms with van der Waals surface area (Å²) in [5, 5.41) is 20.0. The van der Waals surface area contributed by atoms with Gasteiger partial charge in [-0.1, -0.05) is 23.7 Å². The van der Waals surface area contributed by atoms with Crippen LogP contribution in [-0.4, -0.2) is 33.4 Å². The summed E-state index contributed by atoms with van der Waals surface area (Å²) < 4.78 is 4.97. The van der Waals surface area contributed by atoms with Crippen molar-refractivity contribution in [3.8, 4) is 6.07 Å². The molecule has 7 nitrogen and oxygen atoms in total. The normalized spacial score (nSPS) is 11.6. The Hall–Kier alpha value is -3.63. The molecule has 1 aromatic heterocycles. The number of allylic oxidation sites excluding steroid dienone is 1. The van der Waals surface area contributed by atoms with E-state index in [4.69, 9.17) is 16.3 Å². The van der Waals surface area contributed by atoms with E-state index in [0.29, 0.717) is 21.6 Å². The van der Waals surface area contributed by atoms with Gasteiger partial charge in [-0.25, -0.2) is 4.98 Å². The number of nitrogens with zero attached hydrogens (tertiary/aromatic N) is 2. The highest BCUT2D eigenvalue weighted by Crippen LogP contribution is 2.19. The number of H-pyrrole nitrogens is 1. The average Bonchev–Trinajstić information content (AvgIpc) is 3.15. The van der Waals surface area contributed by atoms with Gasteiger partial charge in [-0.15, -0.1) is 0 Å². The number of imidazole rings is 1. The van der Waals surface area contributed by atoms with Gasteiger partial charge in [0.05, 0.1) is 17.5 Å². The van der Waals surface area contributed by atoms with Gasteiger partial charge >= 0.3 is 5.97 Å². The fourth-order valence-electron chi connectivity index (χ4n) is 2.61. The second-order valence-corrected chi connectivity index (χ2v) is 6.56. The lowest BCUT2D eigenvalue weighted by molar-refractivity contribution is -0.143. The van der Waals surface area contributed by atoms with Gasteiger partial charge in [0.15, 0.2) is 17.4 Å². The number of halogens is 1. The number of aliphatic hydroxyl groups excluding tert-OH is 1. The number of rotatable bonds is 7. The number of aromatic nitrogens is 2.